The summed E-state index contributed by atoms with van der Waals surface area (Å²) in [6, 6.07) is 6.08. The van der Waals surface area contributed by atoms with E-state index in [1.807, 2.05) is 10.3 Å². The number of rotatable bonds is 3. The van der Waals surface area contributed by atoms with Gasteiger partial charge in [0.2, 0.25) is 5.91 Å². The number of hydrogen-bond donors (Lipinski definition) is 0. The maximum atomic E-state index is 12.8. The molecule has 2 heterocycles. The third kappa shape index (κ3) is 3.51. The predicted molar refractivity (Wildman–Crippen MR) is 86.3 cm³/mol. The van der Waals surface area contributed by atoms with Crippen molar-refractivity contribution in [1.29, 1.82) is 0 Å². The Hall–Kier alpha value is -2.21. The molecule has 114 valence electrons. The Kier molecular flexibility index (Phi) is 4.48. The summed E-state index contributed by atoms with van der Waals surface area (Å²) in [5, 5.41) is 2.96. The summed E-state index contributed by atoms with van der Waals surface area (Å²) in [5.41, 5.74) is 0.816. The van der Waals surface area contributed by atoms with Crippen molar-refractivity contribution in [3.63, 3.8) is 0 Å². The largest absolute Gasteiger partial charge is 0.345 e. The molecule has 0 atom stereocenters. The number of carbonyl (C=O) groups excluding carboxylic acids is 1. The minimum Gasteiger partial charge on any atom is -0.345 e. The zero-order valence-electron chi connectivity index (χ0n) is 12.0. The second-order valence-electron chi connectivity index (χ2n) is 5.01. The number of carbonyl (C=O) groups is 1. The molecular formula is C16H16FN3OS. The van der Waals surface area contributed by atoms with E-state index in [0.717, 1.165) is 23.8 Å². The van der Waals surface area contributed by atoms with E-state index < -0.39 is 0 Å². The van der Waals surface area contributed by atoms with Crippen molar-refractivity contribution in [1.82, 2.24) is 9.88 Å². The van der Waals surface area contributed by atoms with Crippen molar-refractivity contribution in [2.75, 3.05) is 31.1 Å². The molecule has 1 aromatic heterocycles. The zero-order valence-corrected chi connectivity index (χ0v) is 12.8. The van der Waals surface area contributed by atoms with Gasteiger partial charge < -0.3 is 9.80 Å². The molecule has 0 N–H and O–H groups in total. The highest BCUT2D eigenvalue weighted by atomic mass is 32.1. The van der Waals surface area contributed by atoms with Gasteiger partial charge in [-0.05, 0) is 23.8 Å². The van der Waals surface area contributed by atoms with Crippen LogP contribution in [0, 0.1) is 5.82 Å². The van der Waals surface area contributed by atoms with Crippen LogP contribution >= 0.6 is 11.3 Å². The third-order valence-electron chi connectivity index (χ3n) is 3.57. The molecule has 2 aromatic rings. The Morgan fingerprint density at radius 3 is 2.55 bits per heavy atom. The summed E-state index contributed by atoms with van der Waals surface area (Å²) in [6.07, 6.45) is 5.06. The minimum atomic E-state index is -0.276. The maximum Gasteiger partial charge on any atom is 0.246 e. The predicted octanol–water partition coefficient (Wildman–Crippen LogP) is 2.64. The van der Waals surface area contributed by atoms with Crippen LogP contribution in [0.5, 0.6) is 0 Å². The van der Waals surface area contributed by atoms with Gasteiger partial charge >= 0.3 is 0 Å². The Morgan fingerprint density at radius 1 is 1.18 bits per heavy atom. The standard InChI is InChI=1S/C16H16FN3OS/c17-14-4-1-13(2-5-14)3-6-15(21)19-8-10-20(11-9-19)16-18-7-12-22-16/h1-7,12H,8-11H2. The van der Waals surface area contributed by atoms with Gasteiger partial charge in [-0.3, -0.25) is 4.79 Å². The number of hydrogen-bond acceptors (Lipinski definition) is 4. The number of aromatic nitrogens is 1. The van der Waals surface area contributed by atoms with Crippen LogP contribution in [0.4, 0.5) is 9.52 Å². The molecule has 0 bridgehead atoms. The minimum absolute atomic E-state index is 0.0110. The molecule has 0 aliphatic carbocycles. The molecule has 1 amide bonds. The second-order valence-corrected chi connectivity index (χ2v) is 5.88. The summed E-state index contributed by atoms with van der Waals surface area (Å²) in [6.45, 7) is 2.96. The highest BCUT2D eigenvalue weighted by Gasteiger charge is 2.20. The Bertz CT molecular complexity index is 647. The Labute approximate surface area is 132 Å². The highest BCUT2D eigenvalue weighted by Crippen LogP contribution is 2.19. The molecule has 1 aliphatic heterocycles. The fourth-order valence-corrected chi connectivity index (χ4v) is 3.03. The number of anilines is 1. The molecule has 0 radical (unpaired) electrons. The van der Waals surface area contributed by atoms with E-state index in [-0.39, 0.29) is 11.7 Å². The highest BCUT2D eigenvalue weighted by molar-refractivity contribution is 7.13. The van der Waals surface area contributed by atoms with Crippen molar-refractivity contribution in [3.8, 4) is 0 Å². The molecular weight excluding hydrogens is 301 g/mol. The van der Waals surface area contributed by atoms with Crippen LogP contribution < -0.4 is 4.90 Å². The first-order chi connectivity index (χ1) is 10.7. The second kappa shape index (κ2) is 6.70. The lowest BCUT2D eigenvalue weighted by atomic mass is 10.2. The van der Waals surface area contributed by atoms with Crippen LogP contribution in [0.1, 0.15) is 5.56 Å². The lowest BCUT2D eigenvalue weighted by molar-refractivity contribution is -0.126. The average molecular weight is 317 g/mol. The lowest BCUT2D eigenvalue weighted by Crippen LogP contribution is -2.48. The van der Waals surface area contributed by atoms with Crippen molar-refractivity contribution in [3.05, 3.63) is 53.3 Å². The van der Waals surface area contributed by atoms with Crippen molar-refractivity contribution in [2.45, 2.75) is 0 Å². The number of benzene rings is 1. The van der Waals surface area contributed by atoms with Crippen molar-refractivity contribution in [2.24, 2.45) is 0 Å². The SMILES string of the molecule is O=C(C=Cc1ccc(F)cc1)N1CCN(c2nccs2)CC1. The quantitative estimate of drug-likeness (QED) is 0.817. The maximum absolute atomic E-state index is 12.8. The van der Waals surface area contributed by atoms with Crippen LogP contribution in [-0.4, -0.2) is 42.0 Å². The van der Waals surface area contributed by atoms with Gasteiger partial charge in [-0.1, -0.05) is 12.1 Å². The molecule has 0 unspecified atom stereocenters. The molecule has 4 nitrogen and oxygen atoms in total. The van der Waals surface area contributed by atoms with Crippen molar-refractivity contribution >= 4 is 28.5 Å². The van der Waals surface area contributed by atoms with Gasteiger partial charge in [0.1, 0.15) is 5.82 Å². The first kappa shape index (κ1) is 14.7. The van der Waals surface area contributed by atoms with Crippen LogP contribution in [0.25, 0.3) is 6.08 Å². The number of piperazine rings is 1. The zero-order chi connectivity index (χ0) is 15.4. The van der Waals surface area contributed by atoms with Gasteiger partial charge in [-0.15, -0.1) is 11.3 Å². The summed E-state index contributed by atoms with van der Waals surface area (Å²) in [4.78, 5) is 20.5. The summed E-state index contributed by atoms with van der Waals surface area (Å²) >= 11 is 1.61. The number of nitrogens with zero attached hydrogens (tertiary/aromatic N) is 3. The summed E-state index contributed by atoms with van der Waals surface area (Å²) < 4.78 is 12.8. The van der Waals surface area contributed by atoms with Crippen LogP contribution in [0.2, 0.25) is 0 Å². The van der Waals surface area contributed by atoms with E-state index in [9.17, 15) is 9.18 Å². The van der Waals surface area contributed by atoms with Crippen molar-refractivity contribution < 1.29 is 9.18 Å². The monoisotopic (exact) mass is 317 g/mol. The van der Waals surface area contributed by atoms with Gasteiger partial charge in [0.15, 0.2) is 5.13 Å². The third-order valence-corrected chi connectivity index (χ3v) is 4.40. The van der Waals surface area contributed by atoms with Gasteiger partial charge in [0.25, 0.3) is 0 Å². The number of thiazole rings is 1. The Balaban J connectivity index is 1.54. The molecule has 22 heavy (non-hydrogen) atoms. The lowest BCUT2D eigenvalue weighted by Gasteiger charge is -2.34. The first-order valence-electron chi connectivity index (χ1n) is 7.09. The van der Waals surface area contributed by atoms with E-state index in [4.69, 9.17) is 0 Å². The normalized spacial score (nSPS) is 15.5. The molecule has 1 aliphatic rings. The van der Waals surface area contributed by atoms with Crippen LogP contribution in [0.3, 0.4) is 0 Å². The van der Waals surface area contributed by atoms with Gasteiger partial charge in [-0.2, -0.15) is 0 Å². The topological polar surface area (TPSA) is 36.4 Å². The number of amides is 1. The van der Waals surface area contributed by atoms with Gasteiger partial charge in [0.05, 0.1) is 0 Å². The average Bonchev–Trinajstić information content (AvgIpc) is 3.09. The fourth-order valence-electron chi connectivity index (χ4n) is 2.34. The van der Waals surface area contributed by atoms with E-state index in [1.165, 1.54) is 12.1 Å². The van der Waals surface area contributed by atoms with E-state index in [1.54, 1.807) is 41.8 Å². The first-order valence-corrected chi connectivity index (χ1v) is 7.97. The molecule has 1 fully saturated rings. The number of halogens is 1. The van der Waals surface area contributed by atoms with E-state index in [2.05, 4.69) is 9.88 Å². The fraction of sp³-hybridized carbons (Fsp3) is 0.250. The summed E-state index contributed by atoms with van der Waals surface area (Å²) in [7, 11) is 0. The van der Waals surface area contributed by atoms with Crippen LogP contribution in [-0.2, 0) is 4.79 Å². The van der Waals surface area contributed by atoms with E-state index >= 15 is 0 Å². The molecule has 3 rings (SSSR count). The summed E-state index contributed by atoms with van der Waals surface area (Å²) in [5.74, 6) is -0.287. The van der Waals surface area contributed by atoms with Gasteiger partial charge in [-0.25, -0.2) is 9.37 Å². The smallest absolute Gasteiger partial charge is 0.246 e. The molecule has 6 heteroatoms. The molecule has 0 saturated carbocycles. The molecule has 1 aromatic carbocycles. The Morgan fingerprint density at radius 2 is 1.91 bits per heavy atom. The molecule has 0 spiro atoms. The molecule has 1 saturated heterocycles. The van der Waals surface area contributed by atoms with Crippen LogP contribution in [0.15, 0.2) is 41.9 Å². The van der Waals surface area contributed by atoms with Gasteiger partial charge in [0, 0.05) is 43.8 Å². The van der Waals surface area contributed by atoms with E-state index in [0.29, 0.717) is 13.1 Å².